The molecule has 4 nitrogen and oxygen atoms in total. The number of benzene rings is 8. The van der Waals surface area contributed by atoms with Gasteiger partial charge in [0, 0.05) is 60.2 Å². The van der Waals surface area contributed by atoms with E-state index < -0.39 is 0 Å². The molecule has 12 rings (SSSR count). The van der Waals surface area contributed by atoms with Crippen LogP contribution < -0.4 is 0 Å². The van der Waals surface area contributed by atoms with Gasteiger partial charge in [-0.2, -0.15) is 0 Å². The van der Waals surface area contributed by atoms with E-state index in [0.717, 1.165) is 50.0 Å². The van der Waals surface area contributed by atoms with Crippen molar-refractivity contribution < 1.29 is 4.42 Å². The normalized spacial score (nSPS) is 12.2. The maximum atomic E-state index is 6.95. The molecule has 4 heteroatoms. The van der Waals surface area contributed by atoms with Crippen molar-refractivity contribution >= 4 is 87.4 Å². The fourth-order valence-corrected chi connectivity index (χ4v) is 8.95. The first-order valence-electron chi connectivity index (χ1n) is 17.8. The Hall–Kier alpha value is -7.04. The molecular formula is C48H29N3O. The fourth-order valence-electron chi connectivity index (χ4n) is 8.95. The summed E-state index contributed by atoms with van der Waals surface area (Å²) in [7, 11) is 0. The summed E-state index contributed by atoms with van der Waals surface area (Å²) in [4.78, 5) is 0. The Kier molecular flexibility index (Phi) is 5.47. The Labute approximate surface area is 297 Å². The number of hydrogen-bond acceptors (Lipinski definition) is 1. The molecule has 0 fully saturated rings. The molecule has 0 saturated carbocycles. The Balaban J connectivity index is 1.32. The summed E-state index contributed by atoms with van der Waals surface area (Å²) in [5, 5.41) is 9.53. The molecule has 0 N–H and O–H groups in total. The van der Waals surface area contributed by atoms with Crippen molar-refractivity contribution in [3.63, 3.8) is 0 Å². The number of fused-ring (bicyclic) bond motifs is 15. The molecule has 8 aromatic carbocycles. The molecule has 0 saturated heterocycles. The quantitative estimate of drug-likeness (QED) is 0.185. The second kappa shape index (κ2) is 10.3. The summed E-state index contributed by atoms with van der Waals surface area (Å²) in [5.74, 6) is 0. The molecule has 0 aliphatic heterocycles. The van der Waals surface area contributed by atoms with E-state index in [4.69, 9.17) is 4.42 Å². The Morgan fingerprint density at radius 2 is 0.808 bits per heavy atom. The third-order valence-electron chi connectivity index (χ3n) is 11.0. The maximum absolute atomic E-state index is 6.95. The minimum absolute atomic E-state index is 0.892. The van der Waals surface area contributed by atoms with Gasteiger partial charge < -0.3 is 18.1 Å². The standard InChI is InChI=1S/C48H29N3O/c1-3-15-30(16-4-1)49-38-23-11-7-19-33(38)37-29-32(27-28-41(37)49)51-39-24-12-8-20-34(39)43-44-36-22-10-14-26-42(36)52-48(44)47-45(46(43)51)35-21-9-13-25-40(35)50(47)31-17-5-2-6-18-31/h1-29H. The number of aromatic nitrogens is 3. The van der Waals surface area contributed by atoms with Crippen LogP contribution in [0.15, 0.2) is 180 Å². The van der Waals surface area contributed by atoms with E-state index in [1.807, 2.05) is 0 Å². The highest BCUT2D eigenvalue weighted by atomic mass is 16.3. The van der Waals surface area contributed by atoms with Crippen LogP contribution in [0.1, 0.15) is 0 Å². The molecule has 0 aliphatic carbocycles. The van der Waals surface area contributed by atoms with Crippen LogP contribution in [0.2, 0.25) is 0 Å². The highest BCUT2D eigenvalue weighted by Gasteiger charge is 2.27. The molecule has 0 spiro atoms. The zero-order valence-corrected chi connectivity index (χ0v) is 28.0. The van der Waals surface area contributed by atoms with Crippen molar-refractivity contribution in [2.24, 2.45) is 0 Å². The van der Waals surface area contributed by atoms with Crippen LogP contribution in [0.5, 0.6) is 0 Å². The topological polar surface area (TPSA) is 27.9 Å². The molecule has 0 radical (unpaired) electrons. The second-order valence-corrected chi connectivity index (χ2v) is 13.7. The fraction of sp³-hybridized carbons (Fsp3) is 0. The van der Waals surface area contributed by atoms with Gasteiger partial charge in [0.25, 0.3) is 0 Å². The highest BCUT2D eigenvalue weighted by Crippen LogP contribution is 2.49. The average Bonchev–Trinajstić information content (AvgIpc) is 3.95. The molecule has 0 atom stereocenters. The summed E-state index contributed by atoms with van der Waals surface area (Å²) >= 11 is 0. The van der Waals surface area contributed by atoms with Crippen molar-refractivity contribution in [1.82, 2.24) is 13.7 Å². The van der Waals surface area contributed by atoms with E-state index in [1.54, 1.807) is 0 Å². The molecular weight excluding hydrogens is 635 g/mol. The molecule has 0 bridgehead atoms. The molecule has 0 amide bonds. The van der Waals surface area contributed by atoms with E-state index in [2.05, 4.69) is 190 Å². The molecule has 0 aliphatic rings. The third kappa shape index (κ3) is 3.55. The van der Waals surface area contributed by atoms with Crippen molar-refractivity contribution in [2.45, 2.75) is 0 Å². The van der Waals surface area contributed by atoms with Gasteiger partial charge in [0.05, 0.1) is 33.1 Å². The van der Waals surface area contributed by atoms with Crippen LogP contribution in [0, 0.1) is 0 Å². The van der Waals surface area contributed by atoms with Gasteiger partial charge in [-0.25, -0.2) is 0 Å². The molecule has 52 heavy (non-hydrogen) atoms. The number of para-hydroxylation sites is 6. The van der Waals surface area contributed by atoms with E-state index >= 15 is 0 Å². The minimum atomic E-state index is 0.892. The van der Waals surface area contributed by atoms with Crippen LogP contribution in [-0.2, 0) is 0 Å². The first-order chi connectivity index (χ1) is 25.8. The minimum Gasteiger partial charge on any atom is -0.454 e. The SMILES string of the molecule is c1ccc(-n2c3ccccc3c3cc(-n4c5ccccc5c5c6c7ccccc7oc6c6c(c7ccccc7n6-c6ccccc6)c54)ccc32)cc1. The Bertz CT molecular complexity index is 3390. The number of furan rings is 1. The first-order valence-corrected chi connectivity index (χ1v) is 17.8. The summed E-state index contributed by atoms with van der Waals surface area (Å²) in [6.45, 7) is 0. The zero-order valence-electron chi connectivity index (χ0n) is 28.0. The number of nitrogens with zero attached hydrogens (tertiary/aromatic N) is 3. The van der Waals surface area contributed by atoms with Gasteiger partial charge >= 0.3 is 0 Å². The lowest BCUT2D eigenvalue weighted by Crippen LogP contribution is -1.97. The van der Waals surface area contributed by atoms with Crippen molar-refractivity contribution in [2.75, 3.05) is 0 Å². The lowest BCUT2D eigenvalue weighted by molar-refractivity contribution is 0.671. The largest absolute Gasteiger partial charge is 0.454 e. The van der Waals surface area contributed by atoms with Crippen LogP contribution in [-0.4, -0.2) is 13.7 Å². The lowest BCUT2D eigenvalue weighted by atomic mass is 10.0. The molecule has 4 heterocycles. The smallest absolute Gasteiger partial charge is 0.160 e. The number of hydrogen-bond donors (Lipinski definition) is 0. The highest BCUT2D eigenvalue weighted by molar-refractivity contribution is 6.39. The molecule has 12 aromatic rings. The van der Waals surface area contributed by atoms with E-state index in [0.29, 0.717) is 0 Å². The van der Waals surface area contributed by atoms with Gasteiger partial charge in [0.15, 0.2) is 5.58 Å². The Morgan fingerprint density at radius 3 is 1.50 bits per heavy atom. The van der Waals surface area contributed by atoms with E-state index in [1.165, 1.54) is 54.4 Å². The third-order valence-corrected chi connectivity index (χ3v) is 11.0. The number of rotatable bonds is 3. The van der Waals surface area contributed by atoms with Crippen molar-refractivity contribution in [3.8, 4) is 17.1 Å². The maximum Gasteiger partial charge on any atom is 0.160 e. The first kappa shape index (κ1) is 27.7. The summed E-state index contributed by atoms with van der Waals surface area (Å²) in [6.07, 6.45) is 0. The van der Waals surface area contributed by atoms with Crippen LogP contribution >= 0.6 is 0 Å². The predicted molar refractivity (Wildman–Crippen MR) is 217 cm³/mol. The second-order valence-electron chi connectivity index (χ2n) is 13.7. The van der Waals surface area contributed by atoms with Gasteiger partial charge in [0.1, 0.15) is 5.58 Å². The van der Waals surface area contributed by atoms with Crippen molar-refractivity contribution in [1.29, 1.82) is 0 Å². The van der Waals surface area contributed by atoms with Gasteiger partial charge in [-0.1, -0.05) is 109 Å². The van der Waals surface area contributed by atoms with E-state index in [9.17, 15) is 0 Å². The van der Waals surface area contributed by atoms with Crippen molar-refractivity contribution in [3.05, 3.63) is 176 Å². The molecule has 4 aromatic heterocycles. The molecule has 0 unspecified atom stereocenters. The zero-order chi connectivity index (χ0) is 33.9. The van der Waals surface area contributed by atoms with Gasteiger partial charge in [-0.15, -0.1) is 0 Å². The Morgan fingerprint density at radius 1 is 0.308 bits per heavy atom. The van der Waals surface area contributed by atoms with Crippen LogP contribution in [0.4, 0.5) is 0 Å². The predicted octanol–water partition coefficient (Wildman–Crippen LogP) is 12.9. The van der Waals surface area contributed by atoms with E-state index in [-0.39, 0.29) is 0 Å². The average molecular weight is 664 g/mol. The lowest BCUT2D eigenvalue weighted by Gasteiger charge is -2.12. The van der Waals surface area contributed by atoms with Gasteiger partial charge in [0.2, 0.25) is 0 Å². The van der Waals surface area contributed by atoms with Gasteiger partial charge in [-0.05, 0) is 66.7 Å². The summed E-state index contributed by atoms with van der Waals surface area (Å²) < 4.78 is 14.2. The monoisotopic (exact) mass is 663 g/mol. The summed E-state index contributed by atoms with van der Waals surface area (Å²) in [5.41, 5.74) is 12.2. The molecule has 242 valence electrons. The van der Waals surface area contributed by atoms with Crippen LogP contribution in [0.25, 0.3) is 104 Å². The summed E-state index contributed by atoms with van der Waals surface area (Å²) in [6, 6.07) is 63.3. The van der Waals surface area contributed by atoms with Crippen LogP contribution in [0.3, 0.4) is 0 Å². The van der Waals surface area contributed by atoms with Gasteiger partial charge in [-0.3, -0.25) is 0 Å².